The van der Waals surface area contributed by atoms with Crippen molar-refractivity contribution in [3.8, 4) is 5.75 Å². The predicted molar refractivity (Wildman–Crippen MR) is 49.5 cm³/mol. The summed E-state index contributed by atoms with van der Waals surface area (Å²) in [6, 6.07) is 4.39. The van der Waals surface area contributed by atoms with Gasteiger partial charge in [0.1, 0.15) is 0 Å². The molecule has 4 N–H and O–H groups in total. The summed E-state index contributed by atoms with van der Waals surface area (Å²) in [5.74, 6) is 4.84. The summed E-state index contributed by atoms with van der Waals surface area (Å²) in [5.41, 5.74) is 2.84. The molecular weight excluding hydrogens is 209 g/mol. The minimum atomic E-state index is -1.50. The van der Waals surface area contributed by atoms with Gasteiger partial charge in [-0.25, -0.2) is 4.39 Å². The second kappa shape index (κ2) is 6.38. The number of hydrazine groups is 1. The average molecular weight is 219 g/mol. The highest BCUT2D eigenvalue weighted by molar-refractivity contribution is 5.46. The topological polar surface area (TPSA) is 111 Å². The Kier molecular flexibility index (Phi) is 5.49. The Morgan fingerprint density at radius 2 is 2.20 bits per heavy atom. The molecule has 8 heteroatoms. The largest absolute Gasteiger partial charge is 0.494 e. The third-order valence-electron chi connectivity index (χ3n) is 1.32. The van der Waals surface area contributed by atoms with E-state index in [0.29, 0.717) is 5.69 Å². The monoisotopic (exact) mass is 219 g/mol. The van der Waals surface area contributed by atoms with E-state index in [1.54, 1.807) is 6.07 Å². The molecule has 0 radical (unpaired) electrons. The SMILES string of the molecule is COc1ccc(NN)cc1F.O=[N+]([O-])O. The maximum Gasteiger partial charge on any atom is 0.291 e. The summed E-state index contributed by atoms with van der Waals surface area (Å²) < 4.78 is 17.5. The van der Waals surface area contributed by atoms with Crippen LogP contribution in [0.5, 0.6) is 5.75 Å². The van der Waals surface area contributed by atoms with Crippen molar-refractivity contribution in [2.45, 2.75) is 0 Å². The molecule has 0 aromatic heterocycles. The predicted octanol–water partition coefficient (Wildman–Crippen LogP) is 0.772. The number of benzene rings is 1. The lowest BCUT2D eigenvalue weighted by atomic mass is 10.3. The van der Waals surface area contributed by atoms with Gasteiger partial charge in [0.25, 0.3) is 5.09 Å². The average Bonchev–Trinajstić information content (AvgIpc) is 2.16. The summed E-state index contributed by atoms with van der Waals surface area (Å²) in [6.07, 6.45) is 0. The van der Waals surface area contributed by atoms with Gasteiger partial charge in [-0.2, -0.15) is 0 Å². The van der Waals surface area contributed by atoms with E-state index in [0.717, 1.165) is 0 Å². The molecular formula is C7H10FN3O4. The van der Waals surface area contributed by atoms with Crippen molar-refractivity contribution in [3.63, 3.8) is 0 Å². The molecule has 0 saturated heterocycles. The summed E-state index contributed by atoms with van der Waals surface area (Å²) in [5, 5.41) is 13.6. The number of hydrogen-bond donors (Lipinski definition) is 3. The van der Waals surface area contributed by atoms with Crippen molar-refractivity contribution < 1.29 is 19.4 Å². The van der Waals surface area contributed by atoms with Gasteiger partial charge in [0, 0.05) is 6.07 Å². The lowest BCUT2D eigenvalue weighted by Gasteiger charge is -2.03. The zero-order valence-electron chi connectivity index (χ0n) is 7.81. The van der Waals surface area contributed by atoms with E-state index in [1.807, 2.05) is 0 Å². The first-order chi connectivity index (χ1) is 7.01. The first kappa shape index (κ1) is 12.9. The normalized spacial score (nSPS) is 8.47. The zero-order valence-corrected chi connectivity index (χ0v) is 7.81. The highest BCUT2D eigenvalue weighted by atomic mass is 19.1. The van der Waals surface area contributed by atoms with Crippen molar-refractivity contribution in [1.82, 2.24) is 0 Å². The number of nitrogens with zero attached hydrogens (tertiary/aromatic N) is 1. The molecule has 15 heavy (non-hydrogen) atoms. The highest BCUT2D eigenvalue weighted by Gasteiger charge is 2.00. The Balaban J connectivity index is 0.000000423. The van der Waals surface area contributed by atoms with Gasteiger partial charge >= 0.3 is 0 Å². The smallest absolute Gasteiger partial charge is 0.291 e. The summed E-state index contributed by atoms with van der Waals surface area (Å²) in [7, 11) is 1.41. The molecule has 1 rings (SSSR count). The van der Waals surface area contributed by atoms with E-state index in [-0.39, 0.29) is 5.75 Å². The maximum absolute atomic E-state index is 12.8. The quantitative estimate of drug-likeness (QED) is 0.385. The van der Waals surface area contributed by atoms with Gasteiger partial charge in [-0.1, -0.05) is 0 Å². The molecule has 0 atom stereocenters. The van der Waals surface area contributed by atoms with Crippen LogP contribution in [0.2, 0.25) is 0 Å². The lowest BCUT2D eigenvalue weighted by Crippen LogP contribution is -2.06. The molecule has 0 saturated carbocycles. The number of nitrogens with two attached hydrogens (primary N) is 1. The van der Waals surface area contributed by atoms with E-state index in [4.69, 9.17) is 25.9 Å². The molecule has 0 spiro atoms. The number of ether oxygens (including phenoxy) is 1. The van der Waals surface area contributed by atoms with Gasteiger partial charge in [-0.3, -0.25) is 5.84 Å². The van der Waals surface area contributed by atoms with Gasteiger partial charge in [0.15, 0.2) is 11.6 Å². The number of nitrogens with one attached hydrogen (secondary N) is 1. The van der Waals surface area contributed by atoms with E-state index in [1.165, 1.54) is 19.2 Å². The van der Waals surface area contributed by atoms with E-state index in [2.05, 4.69) is 5.43 Å². The number of methoxy groups -OCH3 is 1. The Morgan fingerprint density at radius 1 is 1.67 bits per heavy atom. The molecule has 7 nitrogen and oxygen atoms in total. The summed E-state index contributed by atoms with van der Waals surface area (Å²) >= 11 is 0. The minimum absolute atomic E-state index is 0.212. The fraction of sp³-hybridized carbons (Fsp3) is 0.143. The van der Waals surface area contributed by atoms with E-state index >= 15 is 0 Å². The van der Waals surface area contributed by atoms with E-state index in [9.17, 15) is 4.39 Å². The number of rotatable bonds is 2. The number of hydrogen-bond acceptors (Lipinski definition) is 5. The molecule has 0 bridgehead atoms. The van der Waals surface area contributed by atoms with Crippen LogP contribution in [-0.2, 0) is 0 Å². The zero-order chi connectivity index (χ0) is 11.8. The van der Waals surface area contributed by atoms with Crippen LogP contribution in [0.1, 0.15) is 0 Å². The number of nitrogen functional groups attached to an aromatic ring is 1. The Hall–Kier alpha value is -2.09. The molecule has 0 aliphatic heterocycles. The van der Waals surface area contributed by atoms with Crippen molar-refractivity contribution >= 4 is 5.69 Å². The third-order valence-corrected chi connectivity index (χ3v) is 1.32. The third kappa shape index (κ3) is 5.26. The molecule has 0 unspecified atom stereocenters. The van der Waals surface area contributed by atoms with Crippen LogP contribution in [0.25, 0.3) is 0 Å². The number of halogens is 1. The van der Waals surface area contributed by atoms with Gasteiger partial charge in [-0.05, 0) is 12.1 Å². The first-order valence-electron chi connectivity index (χ1n) is 3.64. The fourth-order valence-electron chi connectivity index (χ4n) is 0.756. The second-order valence-corrected chi connectivity index (χ2v) is 2.23. The van der Waals surface area contributed by atoms with Crippen molar-refractivity contribution in [1.29, 1.82) is 0 Å². The van der Waals surface area contributed by atoms with Crippen molar-refractivity contribution in [3.05, 3.63) is 34.1 Å². The van der Waals surface area contributed by atoms with Crippen LogP contribution < -0.4 is 16.0 Å². The summed E-state index contributed by atoms with van der Waals surface area (Å²) in [4.78, 5) is 8.36. The van der Waals surface area contributed by atoms with Crippen molar-refractivity contribution in [2.75, 3.05) is 12.5 Å². The first-order valence-corrected chi connectivity index (χ1v) is 3.64. The van der Waals surface area contributed by atoms with Gasteiger partial charge < -0.3 is 15.4 Å². The van der Waals surface area contributed by atoms with Crippen LogP contribution >= 0.6 is 0 Å². The van der Waals surface area contributed by atoms with Crippen LogP contribution in [0.15, 0.2) is 18.2 Å². The Morgan fingerprint density at radius 3 is 2.53 bits per heavy atom. The molecule has 84 valence electrons. The van der Waals surface area contributed by atoms with Gasteiger partial charge in [-0.15, -0.1) is 10.1 Å². The Labute approximate surface area is 84.3 Å². The number of anilines is 1. The minimum Gasteiger partial charge on any atom is -0.494 e. The molecule has 0 aliphatic carbocycles. The molecule has 1 aromatic rings. The Bertz CT molecular complexity index is 330. The van der Waals surface area contributed by atoms with Gasteiger partial charge in [0.2, 0.25) is 0 Å². The van der Waals surface area contributed by atoms with Gasteiger partial charge in [0.05, 0.1) is 12.8 Å². The fourth-order valence-corrected chi connectivity index (χ4v) is 0.756. The molecule has 0 amide bonds. The van der Waals surface area contributed by atoms with Crippen LogP contribution in [0, 0.1) is 15.9 Å². The van der Waals surface area contributed by atoms with E-state index < -0.39 is 10.9 Å². The standard InChI is InChI=1S/C7H9FN2O.HNO3/c1-11-7-3-2-5(10-9)4-6(7)8;2-1(3)4/h2-4,10H,9H2,1H3;(H,2,3,4). The molecule has 0 aliphatic rings. The van der Waals surface area contributed by atoms with Crippen LogP contribution in [-0.4, -0.2) is 17.4 Å². The van der Waals surface area contributed by atoms with Crippen LogP contribution in [0.4, 0.5) is 10.1 Å². The molecule has 1 aromatic carbocycles. The van der Waals surface area contributed by atoms with Crippen LogP contribution in [0.3, 0.4) is 0 Å². The summed E-state index contributed by atoms with van der Waals surface area (Å²) in [6.45, 7) is 0. The second-order valence-electron chi connectivity index (χ2n) is 2.23. The highest BCUT2D eigenvalue weighted by Crippen LogP contribution is 2.19. The molecule has 0 fully saturated rings. The maximum atomic E-state index is 12.8. The molecule has 0 heterocycles. The van der Waals surface area contributed by atoms with Crippen molar-refractivity contribution in [2.24, 2.45) is 5.84 Å². The lowest BCUT2D eigenvalue weighted by molar-refractivity contribution is -0.742.